The summed E-state index contributed by atoms with van der Waals surface area (Å²) in [7, 11) is -4.05. The first-order valence-corrected chi connectivity index (χ1v) is 13.0. The third kappa shape index (κ3) is 6.96. The Balaban J connectivity index is 1.84. The van der Waals surface area contributed by atoms with Gasteiger partial charge in [0.05, 0.1) is 22.6 Å². The average molecular weight is 521 g/mol. The van der Waals surface area contributed by atoms with Gasteiger partial charge in [-0.3, -0.25) is 4.79 Å². The normalized spacial score (nSPS) is 13.2. The minimum absolute atomic E-state index is 0.0578. The van der Waals surface area contributed by atoms with Gasteiger partial charge in [-0.25, -0.2) is 8.42 Å². The molecule has 0 bridgehead atoms. The van der Waals surface area contributed by atoms with E-state index in [-0.39, 0.29) is 22.4 Å². The predicted molar refractivity (Wildman–Crippen MR) is 135 cm³/mol. The van der Waals surface area contributed by atoms with Gasteiger partial charge in [0.1, 0.15) is 11.8 Å². The number of rotatable bonds is 10. The van der Waals surface area contributed by atoms with Gasteiger partial charge >= 0.3 is 0 Å². The first-order chi connectivity index (χ1) is 16.2. The molecule has 0 fully saturated rings. The predicted octanol–water partition coefficient (Wildman–Crippen LogP) is 5.16. The summed E-state index contributed by atoms with van der Waals surface area (Å²) in [5.41, 5.74) is 1.66. The number of hydrogen-bond acceptors (Lipinski definition) is 4. The fourth-order valence-electron chi connectivity index (χ4n) is 3.36. The first kappa shape index (κ1) is 26.0. The van der Waals surface area contributed by atoms with Crippen molar-refractivity contribution < 1.29 is 17.9 Å². The monoisotopic (exact) mass is 520 g/mol. The molecule has 180 valence electrons. The molecule has 0 aromatic heterocycles. The smallest absolute Gasteiger partial charge is 0.241 e. The molecule has 2 atom stereocenters. The highest BCUT2D eigenvalue weighted by Gasteiger charge is 2.27. The third-order valence-corrected chi connectivity index (χ3v) is 7.16. The molecule has 0 aliphatic heterocycles. The van der Waals surface area contributed by atoms with Crippen LogP contribution < -0.4 is 14.8 Å². The van der Waals surface area contributed by atoms with Crippen molar-refractivity contribution in [3.05, 3.63) is 94.0 Å². The molecule has 3 rings (SSSR count). The molecule has 0 aliphatic rings. The Morgan fingerprint density at radius 2 is 1.68 bits per heavy atom. The van der Waals surface area contributed by atoms with Gasteiger partial charge in [0.2, 0.25) is 15.9 Å². The molecule has 0 saturated heterocycles. The van der Waals surface area contributed by atoms with Gasteiger partial charge in [0, 0.05) is 5.02 Å². The van der Waals surface area contributed by atoms with Crippen LogP contribution in [0.1, 0.15) is 31.0 Å². The summed E-state index contributed by atoms with van der Waals surface area (Å²) in [6.07, 6.45) is 0.171. The van der Waals surface area contributed by atoms with Crippen molar-refractivity contribution in [2.24, 2.45) is 0 Å². The Bertz CT molecular complexity index is 1220. The van der Waals surface area contributed by atoms with Crippen LogP contribution in [0.15, 0.2) is 77.7 Å². The van der Waals surface area contributed by atoms with E-state index in [1.807, 2.05) is 49.4 Å². The maximum atomic E-state index is 13.2. The molecular weight excluding hydrogens is 495 g/mol. The Morgan fingerprint density at radius 1 is 1.00 bits per heavy atom. The second kappa shape index (κ2) is 11.7. The summed E-state index contributed by atoms with van der Waals surface area (Å²) < 4.78 is 34.2. The fourth-order valence-corrected chi connectivity index (χ4v) is 5.01. The van der Waals surface area contributed by atoms with Crippen molar-refractivity contribution >= 4 is 39.1 Å². The van der Waals surface area contributed by atoms with Crippen molar-refractivity contribution in [3.8, 4) is 5.75 Å². The van der Waals surface area contributed by atoms with Crippen LogP contribution in [0.2, 0.25) is 10.0 Å². The van der Waals surface area contributed by atoms with E-state index in [1.54, 1.807) is 19.1 Å². The number of amides is 1. The molecule has 0 radical (unpaired) electrons. The molecule has 0 heterocycles. The zero-order chi connectivity index (χ0) is 24.7. The zero-order valence-electron chi connectivity index (χ0n) is 18.8. The van der Waals surface area contributed by atoms with Crippen LogP contribution >= 0.6 is 23.2 Å². The number of halogens is 2. The Morgan fingerprint density at radius 3 is 2.29 bits per heavy atom. The van der Waals surface area contributed by atoms with E-state index in [1.165, 1.54) is 18.2 Å². The summed E-state index contributed by atoms with van der Waals surface area (Å²) in [6.45, 7) is 4.02. The summed E-state index contributed by atoms with van der Waals surface area (Å²) in [6, 6.07) is 19.1. The van der Waals surface area contributed by atoms with E-state index >= 15 is 0 Å². The van der Waals surface area contributed by atoms with Gasteiger partial charge < -0.3 is 10.1 Å². The molecule has 0 spiro atoms. The molecule has 9 heteroatoms. The standard InChI is InChI=1S/C25H26Cl2N2O4S/c1-3-33-24-14-13-21(16-22(24)27)34(31,32)29-23(15-18-7-5-4-6-8-18)25(30)28-17(2)19-9-11-20(26)12-10-19/h4-14,16-17,23,29H,3,15H2,1-2H3,(H,28,30)/t17-,23+/m1/s1. The molecule has 34 heavy (non-hydrogen) atoms. The molecule has 3 aromatic rings. The Kier molecular flexibility index (Phi) is 8.97. The number of ether oxygens (including phenoxy) is 1. The van der Waals surface area contributed by atoms with Crippen LogP contribution in [0.3, 0.4) is 0 Å². The van der Waals surface area contributed by atoms with Crippen molar-refractivity contribution in [2.45, 2.75) is 37.2 Å². The molecule has 0 aliphatic carbocycles. The van der Waals surface area contributed by atoms with Crippen LogP contribution in [0, 0.1) is 0 Å². The second-order valence-corrected chi connectivity index (χ2v) is 10.2. The number of carbonyl (C=O) groups is 1. The summed E-state index contributed by atoms with van der Waals surface area (Å²) >= 11 is 12.1. The van der Waals surface area contributed by atoms with Gasteiger partial charge in [-0.15, -0.1) is 0 Å². The number of sulfonamides is 1. The SMILES string of the molecule is CCOc1ccc(S(=O)(=O)N[C@@H](Cc2ccccc2)C(=O)N[C@H](C)c2ccc(Cl)cc2)cc1Cl. The molecule has 3 aromatic carbocycles. The van der Waals surface area contributed by atoms with Crippen LogP contribution in [-0.4, -0.2) is 27.0 Å². The van der Waals surface area contributed by atoms with Gasteiger partial charge in [0.15, 0.2) is 0 Å². The first-order valence-electron chi connectivity index (χ1n) is 10.7. The molecule has 1 amide bonds. The number of carbonyl (C=O) groups excluding carboxylic acids is 1. The van der Waals surface area contributed by atoms with E-state index in [0.29, 0.717) is 17.4 Å². The van der Waals surface area contributed by atoms with Crippen molar-refractivity contribution in [2.75, 3.05) is 6.61 Å². The van der Waals surface area contributed by atoms with Gasteiger partial charge in [-0.2, -0.15) is 4.72 Å². The van der Waals surface area contributed by atoms with E-state index in [2.05, 4.69) is 10.0 Å². The fraction of sp³-hybridized carbons (Fsp3) is 0.240. The van der Waals surface area contributed by atoms with Gasteiger partial charge in [-0.1, -0.05) is 65.7 Å². The highest BCUT2D eigenvalue weighted by Crippen LogP contribution is 2.27. The highest BCUT2D eigenvalue weighted by molar-refractivity contribution is 7.89. The number of nitrogens with one attached hydrogen (secondary N) is 2. The van der Waals surface area contributed by atoms with Crippen LogP contribution in [0.25, 0.3) is 0 Å². The largest absolute Gasteiger partial charge is 0.492 e. The maximum absolute atomic E-state index is 13.2. The van der Waals surface area contributed by atoms with Gasteiger partial charge in [0.25, 0.3) is 0 Å². The Hall–Kier alpha value is -2.58. The lowest BCUT2D eigenvalue weighted by Crippen LogP contribution is -2.48. The number of benzene rings is 3. The van der Waals surface area contributed by atoms with Gasteiger partial charge in [-0.05, 0) is 61.7 Å². The lowest BCUT2D eigenvalue weighted by molar-refractivity contribution is -0.123. The summed E-state index contributed by atoms with van der Waals surface area (Å²) in [4.78, 5) is 13.1. The van der Waals surface area contributed by atoms with E-state index < -0.39 is 22.0 Å². The van der Waals surface area contributed by atoms with Crippen molar-refractivity contribution in [1.29, 1.82) is 0 Å². The van der Waals surface area contributed by atoms with Crippen molar-refractivity contribution in [3.63, 3.8) is 0 Å². The Labute approximate surface area is 210 Å². The van der Waals surface area contributed by atoms with Crippen molar-refractivity contribution in [1.82, 2.24) is 10.0 Å². The van der Waals surface area contributed by atoms with Crippen LogP contribution in [0.4, 0.5) is 0 Å². The van der Waals surface area contributed by atoms with Crippen LogP contribution in [0.5, 0.6) is 5.75 Å². The van der Waals surface area contributed by atoms with E-state index in [0.717, 1.165) is 11.1 Å². The van der Waals surface area contributed by atoms with Crippen LogP contribution in [-0.2, 0) is 21.2 Å². The highest BCUT2D eigenvalue weighted by atomic mass is 35.5. The average Bonchev–Trinajstić information content (AvgIpc) is 2.81. The molecule has 2 N–H and O–H groups in total. The zero-order valence-corrected chi connectivity index (χ0v) is 21.1. The second-order valence-electron chi connectivity index (χ2n) is 7.67. The lowest BCUT2D eigenvalue weighted by Gasteiger charge is -2.22. The molecule has 0 unspecified atom stereocenters. The minimum Gasteiger partial charge on any atom is -0.492 e. The van der Waals surface area contributed by atoms with E-state index in [4.69, 9.17) is 27.9 Å². The topological polar surface area (TPSA) is 84.5 Å². The lowest BCUT2D eigenvalue weighted by atomic mass is 10.0. The van der Waals surface area contributed by atoms with E-state index in [9.17, 15) is 13.2 Å². The summed E-state index contributed by atoms with van der Waals surface area (Å²) in [5.74, 6) is -0.0644. The maximum Gasteiger partial charge on any atom is 0.241 e. The summed E-state index contributed by atoms with van der Waals surface area (Å²) in [5, 5.41) is 3.65. The quantitative estimate of drug-likeness (QED) is 0.386. The molecular formula is C25H26Cl2N2O4S. The third-order valence-electron chi connectivity index (χ3n) is 5.14. The molecule has 6 nitrogen and oxygen atoms in total. The molecule has 0 saturated carbocycles. The number of hydrogen-bond donors (Lipinski definition) is 2. The minimum atomic E-state index is -4.05.